The number of anilines is 1. The third-order valence-corrected chi connectivity index (χ3v) is 6.85. The van der Waals surface area contributed by atoms with Gasteiger partial charge in [0.1, 0.15) is 11.8 Å². The Kier molecular flexibility index (Phi) is 9.70. The fourth-order valence-corrected chi connectivity index (χ4v) is 4.68. The number of carbonyl (C=O) groups excluding carboxylic acids is 3. The second kappa shape index (κ2) is 12.9. The van der Waals surface area contributed by atoms with Crippen LogP contribution in [0.25, 0.3) is 11.1 Å². The fourth-order valence-electron chi connectivity index (χ4n) is 3.98. The summed E-state index contributed by atoms with van der Waals surface area (Å²) in [5, 5.41) is -0.0711. The van der Waals surface area contributed by atoms with Crippen molar-refractivity contribution in [1.29, 1.82) is 0 Å². The van der Waals surface area contributed by atoms with E-state index in [2.05, 4.69) is 0 Å². The number of methoxy groups -OCH3 is 2. The number of carbonyl (C=O) groups is 3. The van der Waals surface area contributed by atoms with Crippen molar-refractivity contribution in [1.82, 2.24) is 0 Å². The quantitative estimate of drug-likeness (QED) is 0.344. The Morgan fingerprint density at radius 2 is 1.56 bits per heavy atom. The van der Waals surface area contributed by atoms with E-state index >= 15 is 0 Å². The molecule has 3 aromatic carbocycles. The SMILES string of the molecule is COC(=O)[C@H](C)N(C(=O)C(CSC(C)=O)Cc1cccc(OC)c1)c1ccc(-c2ccccc2)cc1. The van der Waals surface area contributed by atoms with E-state index in [4.69, 9.17) is 9.47 Å². The van der Waals surface area contributed by atoms with E-state index in [1.165, 1.54) is 18.9 Å². The predicted octanol–water partition coefficient (Wildman–Crippen LogP) is 5.40. The van der Waals surface area contributed by atoms with Crippen molar-refractivity contribution in [3.05, 3.63) is 84.4 Å². The van der Waals surface area contributed by atoms with Crippen molar-refractivity contribution in [3.63, 3.8) is 0 Å². The van der Waals surface area contributed by atoms with Crippen LogP contribution >= 0.6 is 11.8 Å². The number of benzene rings is 3. The van der Waals surface area contributed by atoms with Crippen LogP contribution in [0, 0.1) is 5.92 Å². The zero-order chi connectivity index (χ0) is 26.1. The molecule has 0 saturated carbocycles. The molecule has 0 heterocycles. The van der Waals surface area contributed by atoms with Gasteiger partial charge in [0, 0.05) is 18.4 Å². The van der Waals surface area contributed by atoms with Crippen LogP contribution in [0.4, 0.5) is 5.69 Å². The topological polar surface area (TPSA) is 72.9 Å². The first kappa shape index (κ1) is 27.0. The Morgan fingerprint density at radius 3 is 2.17 bits per heavy atom. The van der Waals surface area contributed by atoms with Gasteiger partial charge in [0.25, 0.3) is 0 Å². The summed E-state index contributed by atoms with van der Waals surface area (Å²) in [6, 6.07) is 24.1. The minimum atomic E-state index is -0.847. The van der Waals surface area contributed by atoms with E-state index in [1.54, 1.807) is 14.0 Å². The molecular formula is C29H31NO5S. The molecule has 0 fully saturated rings. The van der Waals surface area contributed by atoms with Crippen molar-refractivity contribution in [2.24, 2.45) is 5.92 Å². The van der Waals surface area contributed by atoms with E-state index in [9.17, 15) is 14.4 Å². The summed E-state index contributed by atoms with van der Waals surface area (Å²) in [7, 11) is 2.89. The van der Waals surface area contributed by atoms with Crippen molar-refractivity contribution in [2.45, 2.75) is 26.3 Å². The lowest BCUT2D eigenvalue weighted by atomic mass is 9.98. The zero-order valence-corrected chi connectivity index (χ0v) is 21.8. The second-order valence-corrected chi connectivity index (χ2v) is 9.57. The van der Waals surface area contributed by atoms with Crippen LogP contribution in [-0.4, -0.2) is 43.0 Å². The predicted molar refractivity (Wildman–Crippen MR) is 144 cm³/mol. The van der Waals surface area contributed by atoms with Crippen molar-refractivity contribution >= 4 is 34.4 Å². The minimum absolute atomic E-state index is 0.0711. The standard InChI is InChI=1S/C29H31NO5S/c1-20(29(33)35-4)30(26-15-13-24(14-16-26)23-10-6-5-7-11-23)28(32)25(19-36-21(2)31)17-22-9-8-12-27(18-22)34-3/h5-16,18,20,25H,17,19H2,1-4H3/t20-,25?/m0/s1. The number of ether oxygens (including phenoxy) is 2. The first-order valence-corrected chi connectivity index (χ1v) is 12.6. The minimum Gasteiger partial charge on any atom is -0.497 e. The van der Waals surface area contributed by atoms with Crippen molar-refractivity contribution in [2.75, 3.05) is 24.9 Å². The van der Waals surface area contributed by atoms with E-state index in [0.29, 0.717) is 17.9 Å². The summed E-state index contributed by atoms with van der Waals surface area (Å²) in [4.78, 5) is 39.8. The highest BCUT2D eigenvalue weighted by Gasteiger charge is 2.33. The molecule has 0 aromatic heterocycles. The average molecular weight is 506 g/mol. The van der Waals surface area contributed by atoms with Gasteiger partial charge in [-0.25, -0.2) is 4.79 Å². The maximum Gasteiger partial charge on any atom is 0.328 e. The molecule has 0 aliphatic heterocycles. The third kappa shape index (κ3) is 6.98. The molecule has 2 atom stereocenters. The van der Waals surface area contributed by atoms with E-state index < -0.39 is 17.9 Å². The van der Waals surface area contributed by atoms with Gasteiger partial charge in [-0.15, -0.1) is 0 Å². The van der Waals surface area contributed by atoms with Gasteiger partial charge in [-0.2, -0.15) is 0 Å². The number of hydrogen-bond donors (Lipinski definition) is 0. The molecule has 7 heteroatoms. The Morgan fingerprint density at radius 1 is 0.889 bits per heavy atom. The smallest absolute Gasteiger partial charge is 0.328 e. The number of hydrogen-bond acceptors (Lipinski definition) is 6. The maximum atomic E-state index is 14.0. The van der Waals surface area contributed by atoms with Gasteiger partial charge in [-0.3, -0.25) is 14.5 Å². The third-order valence-electron chi connectivity index (χ3n) is 5.87. The van der Waals surface area contributed by atoms with Gasteiger partial charge >= 0.3 is 5.97 Å². The van der Waals surface area contributed by atoms with Crippen LogP contribution in [0.15, 0.2) is 78.9 Å². The molecule has 0 N–H and O–H groups in total. The summed E-state index contributed by atoms with van der Waals surface area (Å²) in [5.41, 5.74) is 3.54. The molecule has 6 nitrogen and oxygen atoms in total. The summed E-state index contributed by atoms with van der Waals surface area (Å²) >= 11 is 1.10. The maximum absolute atomic E-state index is 14.0. The van der Waals surface area contributed by atoms with E-state index in [-0.39, 0.29) is 16.8 Å². The van der Waals surface area contributed by atoms with Crippen molar-refractivity contribution in [3.8, 4) is 16.9 Å². The molecule has 3 rings (SSSR count). The Bertz CT molecular complexity index is 1180. The highest BCUT2D eigenvalue weighted by Crippen LogP contribution is 2.28. The molecule has 188 valence electrons. The summed E-state index contributed by atoms with van der Waals surface area (Å²) < 4.78 is 10.3. The largest absolute Gasteiger partial charge is 0.497 e. The number of nitrogens with zero attached hydrogens (tertiary/aromatic N) is 1. The summed E-state index contributed by atoms with van der Waals surface area (Å²) in [5.74, 6) is -0.342. The molecule has 1 amide bonds. The molecule has 0 aliphatic carbocycles. The first-order valence-electron chi connectivity index (χ1n) is 11.7. The molecule has 1 unspecified atom stereocenters. The molecule has 0 saturated heterocycles. The lowest BCUT2D eigenvalue weighted by Crippen LogP contribution is -2.47. The number of amides is 1. The van der Waals surface area contributed by atoms with Gasteiger partial charge in [-0.05, 0) is 54.3 Å². The van der Waals surface area contributed by atoms with E-state index in [0.717, 1.165) is 28.5 Å². The molecule has 0 spiro atoms. The van der Waals surface area contributed by atoms with Crippen molar-refractivity contribution < 1.29 is 23.9 Å². The van der Waals surface area contributed by atoms with Crippen LogP contribution in [0.3, 0.4) is 0 Å². The Labute approximate surface area is 216 Å². The Balaban J connectivity index is 1.97. The van der Waals surface area contributed by atoms with Gasteiger partial charge in [0.05, 0.1) is 20.1 Å². The number of thioether (sulfide) groups is 1. The lowest BCUT2D eigenvalue weighted by Gasteiger charge is -2.31. The highest BCUT2D eigenvalue weighted by molar-refractivity contribution is 8.13. The molecule has 0 aliphatic rings. The molecule has 3 aromatic rings. The molecule has 36 heavy (non-hydrogen) atoms. The fraction of sp³-hybridized carbons (Fsp3) is 0.276. The first-order chi connectivity index (χ1) is 17.3. The van der Waals surface area contributed by atoms with Crippen LogP contribution < -0.4 is 9.64 Å². The number of rotatable bonds is 10. The summed E-state index contributed by atoms with van der Waals surface area (Å²) in [6.07, 6.45) is 0.392. The zero-order valence-electron chi connectivity index (χ0n) is 21.0. The molecule has 0 bridgehead atoms. The summed E-state index contributed by atoms with van der Waals surface area (Å²) in [6.45, 7) is 3.13. The molecular weight excluding hydrogens is 474 g/mol. The van der Waals surface area contributed by atoms with Crippen LogP contribution in [0.5, 0.6) is 5.75 Å². The Hall–Kier alpha value is -3.58. The normalized spacial score (nSPS) is 12.3. The monoisotopic (exact) mass is 505 g/mol. The molecule has 0 radical (unpaired) electrons. The van der Waals surface area contributed by atoms with Gasteiger partial charge < -0.3 is 9.47 Å². The van der Waals surface area contributed by atoms with Crippen LogP contribution in [0.1, 0.15) is 19.4 Å². The van der Waals surface area contributed by atoms with E-state index in [1.807, 2.05) is 78.9 Å². The second-order valence-electron chi connectivity index (χ2n) is 8.38. The van der Waals surface area contributed by atoms with Gasteiger partial charge in [0.15, 0.2) is 5.12 Å². The number of esters is 1. The van der Waals surface area contributed by atoms with Gasteiger partial charge in [0.2, 0.25) is 5.91 Å². The van der Waals surface area contributed by atoms with Crippen LogP contribution in [0.2, 0.25) is 0 Å². The van der Waals surface area contributed by atoms with Gasteiger partial charge in [-0.1, -0.05) is 66.4 Å². The van der Waals surface area contributed by atoms with Crippen LogP contribution in [-0.2, 0) is 25.5 Å². The lowest BCUT2D eigenvalue weighted by molar-refractivity contribution is -0.143. The average Bonchev–Trinajstić information content (AvgIpc) is 2.91. The highest BCUT2D eigenvalue weighted by atomic mass is 32.2.